The van der Waals surface area contributed by atoms with Crippen LogP contribution in [0.2, 0.25) is 0 Å². The van der Waals surface area contributed by atoms with Crippen molar-refractivity contribution in [1.29, 1.82) is 0 Å². The van der Waals surface area contributed by atoms with Gasteiger partial charge in [-0.2, -0.15) is 0 Å². The third-order valence-corrected chi connectivity index (χ3v) is 9.52. The minimum Gasteiger partial charge on any atom is -0.324 e. The van der Waals surface area contributed by atoms with Gasteiger partial charge in [-0.15, -0.1) is 11.8 Å². The van der Waals surface area contributed by atoms with E-state index in [0.29, 0.717) is 28.8 Å². The second-order valence-corrected chi connectivity index (χ2v) is 13.0. The van der Waals surface area contributed by atoms with Crippen LogP contribution in [0.1, 0.15) is 66.7 Å². The van der Waals surface area contributed by atoms with E-state index in [9.17, 15) is 24.0 Å². The zero-order valence-corrected chi connectivity index (χ0v) is 28.2. The first-order valence-electron chi connectivity index (χ1n) is 16.1. The Labute approximate surface area is 294 Å². The van der Waals surface area contributed by atoms with Crippen LogP contribution in [0.5, 0.6) is 0 Å². The maximum Gasteiger partial charge on any atom is 0.272 e. The van der Waals surface area contributed by atoms with E-state index in [1.165, 1.54) is 11.8 Å². The van der Waals surface area contributed by atoms with E-state index in [0.717, 1.165) is 16.0 Å². The second kappa shape index (κ2) is 15.0. The number of fused-ring (bicyclic) bond motifs is 2. The Morgan fingerprint density at radius 2 is 1.38 bits per heavy atom. The van der Waals surface area contributed by atoms with Gasteiger partial charge in [-0.25, -0.2) is 0 Å². The van der Waals surface area contributed by atoms with Gasteiger partial charge in [0.25, 0.3) is 11.8 Å². The molecule has 0 fully saturated rings. The zero-order chi connectivity index (χ0) is 35.2. The topological polar surface area (TPSA) is 121 Å². The highest BCUT2D eigenvalue weighted by Gasteiger charge is 2.32. The van der Waals surface area contributed by atoms with Gasteiger partial charge in [-0.1, -0.05) is 97.4 Å². The van der Waals surface area contributed by atoms with E-state index in [1.807, 2.05) is 44.2 Å². The van der Waals surface area contributed by atoms with Crippen LogP contribution in [0.3, 0.4) is 0 Å². The fourth-order valence-corrected chi connectivity index (χ4v) is 6.58. The molecule has 0 bridgehead atoms. The molecule has 1 atom stereocenters. The van der Waals surface area contributed by atoms with Crippen molar-refractivity contribution >= 4 is 58.5 Å². The highest BCUT2D eigenvalue weighted by Crippen LogP contribution is 2.34. The molecule has 1 aliphatic rings. The van der Waals surface area contributed by atoms with Crippen molar-refractivity contribution in [3.05, 3.63) is 166 Å². The minimum absolute atomic E-state index is 0.0634. The van der Waals surface area contributed by atoms with Gasteiger partial charge in [0.15, 0.2) is 11.6 Å². The number of carbonyl (C=O) groups is 5. The number of aryl methyl sites for hydroxylation is 1. The van der Waals surface area contributed by atoms with Crippen molar-refractivity contribution < 1.29 is 24.0 Å². The molecule has 248 valence electrons. The number of nitrogens with one attached hydrogen (secondary N) is 3. The monoisotopic (exact) mass is 679 g/mol. The number of rotatable bonds is 10. The number of hydrogen-bond donors (Lipinski definition) is 3. The predicted octanol–water partition coefficient (Wildman–Crippen LogP) is 7.69. The molecule has 0 spiro atoms. The van der Waals surface area contributed by atoms with Crippen molar-refractivity contribution in [2.45, 2.75) is 30.4 Å². The van der Waals surface area contributed by atoms with E-state index < -0.39 is 17.1 Å². The van der Waals surface area contributed by atoms with Crippen molar-refractivity contribution in [3.8, 4) is 0 Å². The molecule has 0 aliphatic heterocycles. The molecular formula is C41H33N3O5S. The molecule has 5 aromatic rings. The summed E-state index contributed by atoms with van der Waals surface area (Å²) < 4.78 is 0. The standard InChI is InChI=1S/C41H33N3O5S/c1-3-35(41(49)43-33-18-10-17-32-36(33)38(46)31-16-8-7-15-30(31)37(32)45)50-29-14-9-13-28(24-29)42-40(48)34(23-26-21-19-25(2)20-22-26)44-39(47)27-11-5-4-6-12-27/h4-24,35H,3H2,1-2H3,(H,42,48)(H,43,49)(H,44,47)/b34-23+. The lowest BCUT2D eigenvalue weighted by atomic mass is 9.83. The van der Waals surface area contributed by atoms with Gasteiger partial charge in [0.2, 0.25) is 5.91 Å². The summed E-state index contributed by atoms with van der Waals surface area (Å²) in [6.07, 6.45) is 2.08. The van der Waals surface area contributed by atoms with Gasteiger partial charge < -0.3 is 16.0 Å². The summed E-state index contributed by atoms with van der Waals surface area (Å²) >= 11 is 1.31. The van der Waals surface area contributed by atoms with E-state index in [2.05, 4.69) is 16.0 Å². The molecule has 0 radical (unpaired) electrons. The normalized spacial score (nSPS) is 12.7. The average molecular weight is 680 g/mol. The molecule has 50 heavy (non-hydrogen) atoms. The number of anilines is 2. The number of benzene rings is 5. The SMILES string of the molecule is CCC(Sc1cccc(NC(=O)/C(=C\c2ccc(C)cc2)NC(=O)c2ccccc2)c1)C(=O)Nc1cccc2c1C(=O)c1ccccc1C2=O. The van der Waals surface area contributed by atoms with Gasteiger partial charge in [0, 0.05) is 32.8 Å². The summed E-state index contributed by atoms with van der Waals surface area (Å²) in [6.45, 7) is 3.85. The first-order chi connectivity index (χ1) is 24.2. The molecule has 1 aliphatic carbocycles. The molecule has 9 heteroatoms. The van der Waals surface area contributed by atoms with Crippen molar-refractivity contribution in [1.82, 2.24) is 5.32 Å². The highest BCUT2D eigenvalue weighted by molar-refractivity contribution is 8.00. The minimum atomic E-state index is -0.555. The van der Waals surface area contributed by atoms with Crippen molar-refractivity contribution in [3.63, 3.8) is 0 Å². The summed E-state index contributed by atoms with van der Waals surface area (Å²) in [5, 5.41) is 7.97. The first-order valence-corrected chi connectivity index (χ1v) is 16.9. The molecular weight excluding hydrogens is 647 g/mol. The van der Waals surface area contributed by atoms with E-state index in [-0.39, 0.29) is 40.0 Å². The Morgan fingerprint density at radius 3 is 2.10 bits per heavy atom. The van der Waals surface area contributed by atoms with Gasteiger partial charge in [0.1, 0.15) is 5.70 Å². The van der Waals surface area contributed by atoms with Crippen LogP contribution in [-0.4, -0.2) is 34.5 Å². The van der Waals surface area contributed by atoms with Crippen LogP contribution < -0.4 is 16.0 Å². The third-order valence-electron chi connectivity index (χ3n) is 8.16. The molecule has 1 unspecified atom stereocenters. The molecule has 0 saturated carbocycles. The fourth-order valence-electron chi connectivity index (χ4n) is 5.57. The van der Waals surface area contributed by atoms with E-state index in [1.54, 1.807) is 97.1 Å². The van der Waals surface area contributed by atoms with E-state index in [4.69, 9.17) is 0 Å². The van der Waals surface area contributed by atoms with Crippen LogP contribution in [0, 0.1) is 6.92 Å². The fraction of sp³-hybridized carbons (Fsp3) is 0.0976. The molecule has 0 aromatic heterocycles. The van der Waals surface area contributed by atoms with Gasteiger partial charge in [-0.3, -0.25) is 24.0 Å². The number of carbonyl (C=O) groups excluding carboxylic acids is 5. The van der Waals surface area contributed by atoms with Crippen molar-refractivity contribution in [2.75, 3.05) is 10.6 Å². The Hall–Kier alpha value is -6.06. The smallest absolute Gasteiger partial charge is 0.272 e. The van der Waals surface area contributed by atoms with Gasteiger partial charge in [-0.05, 0) is 61.4 Å². The molecule has 8 nitrogen and oxygen atoms in total. The van der Waals surface area contributed by atoms with Crippen LogP contribution in [0.25, 0.3) is 6.08 Å². The summed E-state index contributed by atoms with van der Waals surface area (Å²) in [5.74, 6) is -1.84. The largest absolute Gasteiger partial charge is 0.324 e. The maximum atomic E-state index is 13.6. The number of ketones is 2. The summed E-state index contributed by atoms with van der Waals surface area (Å²) in [7, 11) is 0. The summed E-state index contributed by atoms with van der Waals surface area (Å²) in [5.41, 5.74) is 4.13. The van der Waals surface area contributed by atoms with Crippen molar-refractivity contribution in [2.24, 2.45) is 0 Å². The third kappa shape index (κ3) is 7.48. The Morgan fingerprint density at radius 1 is 0.720 bits per heavy atom. The summed E-state index contributed by atoms with van der Waals surface area (Å²) in [4.78, 5) is 67.5. The maximum absolute atomic E-state index is 13.6. The zero-order valence-electron chi connectivity index (χ0n) is 27.4. The lowest BCUT2D eigenvalue weighted by Crippen LogP contribution is -2.30. The van der Waals surface area contributed by atoms with Crippen LogP contribution in [-0.2, 0) is 9.59 Å². The number of hydrogen-bond acceptors (Lipinski definition) is 6. The number of thioether (sulfide) groups is 1. The molecule has 3 N–H and O–H groups in total. The van der Waals surface area contributed by atoms with Gasteiger partial charge >= 0.3 is 0 Å². The van der Waals surface area contributed by atoms with Crippen LogP contribution >= 0.6 is 11.8 Å². The molecule has 3 amide bonds. The quantitative estimate of drug-likeness (QED) is 0.101. The van der Waals surface area contributed by atoms with E-state index >= 15 is 0 Å². The Balaban J connectivity index is 1.18. The molecule has 0 heterocycles. The highest BCUT2D eigenvalue weighted by atomic mass is 32.2. The molecule has 6 rings (SSSR count). The Bertz CT molecular complexity index is 2160. The lowest BCUT2D eigenvalue weighted by Gasteiger charge is -2.21. The first kappa shape index (κ1) is 33.8. The second-order valence-electron chi connectivity index (χ2n) is 11.7. The Kier molecular flexibility index (Phi) is 10.2. The van der Waals surface area contributed by atoms with Crippen LogP contribution in [0.15, 0.2) is 132 Å². The van der Waals surface area contributed by atoms with Crippen LogP contribution in [0.4, 0.5) is 11.4 Å². The molecule has 0 saturated heterocycles. The molecule has 5 aromatic carbocycles. The number of amides is 3. The lowest BCUT2D eigenvalue weighted by molar-refractivity contribution is -0.116. The van der Waals surface area contributed by atoms with Gasteiger partial charge in [0.05, 0.1) is 16.5 Å². The average Bonchev–Trinajstić information content (AvgIpc) is 3.13. The predicted molar refractivity (Wildman–Crippen MR) is 196 cm³/mol. The summed E-state index contributed by atoms with van der Waals surface area (Å²) in [6, 6.07) is 34.8.